The maximum absolute atomic E-state index is 14.4. The molecule has 0 spiro atoms. The Morgan fingerprint density at radius 3 is 2.21 bits per heavy atom. The third-order valence-electron chi connectivity index (χ3n) is 6.17. The molecule has 4 aromatic rings. The molecule has 5 rings (SSSR count). The normalized spacial score (nSPS) is 17.4. The molecule has 2 amide bonds. The first-order valence-electron chi connectivity index (χ1n) is 11.0. The number of hydrogen-bond donors (Lipinski definition) is 1. The zero-order valence-corrected chi connectivity index (χ0v) is 18.8. The third-order valence-corrected chi connectivity index (χ3v) is 6.17. The van der Waals surface area contributed by atoms with Gasteiger partial charge in [-0.1, -0.05) is 47.5 Å². The number of carbonyl (C=O) groups excluding carboxylic acids is 2. The Labute approximate surface area is 196 Å². The number of rotatable bonds is 5. The van der Waals surface area contributed by atoms with Gasteiger partial charge in [0.15, 0.2) is 5.54 Å². The number of hydrogen-bond acceptors (Lipinski definition) is 3. The van der Waals surface area contributed by atoms with Crippen molar-refractivity contribution in [3.05, 3.63) is 108 Å². The number of nitrogens with one attached hydrogen (secondary N) is 1. The van der Waals surface area contributed by atoms with Gasteiger partial charge < -0.3 is 9.73 Å². The Morgan fingerprint density at radius 2 is 1.56 bits per heavy atom. The van der Waals surface area contributed by atoms with Gasteiger partial charge in [-0.3, -0.25) is 14.5 Å². The first-order valence-corrected chi connectivity index (χ1v) is 11.0. The first kappa shape index (κ1) is 21.6. The van der Waals surface area contributed by atoms with Crippen LogP contribution in [0.5, 0.6) is 0 Å². The van der Waals surface area contributed by atoms with Gasteiger partial charge in [-0.05, 0) is 62.4 Å². The second kappa shape index (κ2) is 8.30. The fraction of sp³-hybridized carbons (Fsp3) is 0.143. The fourth-order valence-electron chi connectivity index (χ4n) is 4.29. The molecule has 1 atom stereocenters. The van der Waals surface area contributed by atoms with Gasteiger partial charge in [-0.15, -0.1) is 0 Å². The van der Waals surface area contributed by atoms with E-state index >= 15 is 0 Å². The maximum atomic E-state index is 14.4. The lowest BCUT2D eigenvalue weighted by atomic mass is 9.79. The van der Waals surface area contributed by atoms with Crippen LogP contribution >= 0.6 is 0 Å². The molecule has 6 heteroatoms. The number of amides is 2. The summed E-state index contributed by atoms with van der Waals surface area (Å²) in [4.78, 5) is 28.1. The molecule has 0 aliphatic carbocycles. The van der Waals surface area contributed by atoms with Crippen LogP contribution in [0, 0.1) is 19.7 Å². The zero-order valence-electron chi connectivity index (χ0n) is 18.8. The number of nitrogens with zero attached hydrogens (tertiary/aromatic N) is 1. The average Bonchev–Trinajstić information content (AvgIpc) is 3.30. The van der Waals surface area contributed by atoms with E-state index in [1.807, 2.05) is 50.2 Å². The number of benzene rings is 3. The molecule has 1 saturated heterocycles. The third kappa shape index (κ3) is 3.57. The predicted molar refractivity (Wildman–Crippen MR) is 129 cm³/mol. The lowest BCUT2D eigenvalue weighted by Crippen LogP contribution is -2.67. The molecule has 170 valence electrons. The van der Waals surface area contributed by atoms with Crippen molar-refractivity contribution in [3.63, 3.8) is 0 Å². The summed E-state index contributed by atoms with van der Waals surface area (Å²) in [5, 5.41) is 2.94. The van der Waals surface area contributed by atoms with Crippen LogP contribution in [0.15, 0.2) is 89.3 Å². The number of β-lactam (4-membered cyclic amide) rings is 1. The summed E-state index contributed by atoms with van der Waals surface area (Å²) in [7, 11) is 0. The van der Waals surface area contributed by atoms with Crippen LogP contribution in [0.2, 0.25) is 0 Å². The lowest BCUT2D eigenvalue weighted by Gasteiger charge is -2.49. The monoisotopic (exact) mass is 454 g/mol. The number of aryl methyl sites for hydroxylation is 2. The van der Waals surface area contributed by atoms with Crippen LogP contribution in [0.25, 0.3) is 11.3 Å². The average molecular weight is 455 g/mol. The van der Waals surface area contributed by atoms with Crippen molar-refractivity contribution in [3.8, 4) is 11.3 Å². The SMILES string of the molecule is Cc1ccc(NC(=O)C2(c3ccc(-c4ccccc4F)o3)CC(=O)N2c2ccc(C)cc2)cc1. The van der Waals surface area contributed by atoms with Crippen LogP contribution in [0.4, 0.5) is 15.8 Å². The van der Waals surface area contributed by atoms with Gasteiger partial charge >= 0.3 is 0 Å². The van der Waals surface area contributed by atoms with Gasteiger partial charge in [-0.25, -0.2) is 4.39 Å². The molecular weight excluding hydrogens is 431 g/mol. The summed E-state index contributed by atoms with van der Waals surface area (Å²) in [5.74, 6) is -0.464. The zero-order chi connectivity index (χ0) is 23.9. The van der Waals surface area contributed by atoms with Gasteiger partial charge in [0.25, 0.3) is 5.91 Å². The standard InChI is InChI=1S/C28H23FN2O3/c1-18-7-11-20(12-8-18)30-27(33)28(17-26(32)31(28)21-13-9-19(2)10-14-21)25-16-15-24(34-25)22-5-3-4-6-23(22)29/h3-16H,17H2,1-2H3,(H,30,33). The summed E-state index contributed by atoms with van der Waals surface area (Å²) in [6, 6.07) is 24.3. The molecule has 1 N–H and O–H groups in total. The molecule has 1 fully saturated rings. The molecule has 3 aromatic carbocycles. The predicted octanol–water partition coefficient (Wildman–Crippen LogP) is 5.97. The molecule has 5 nitrogen and oxygen atoms in total. The van der Waals surface area contributed by atoms with E-state index in [0.29, 0.717) is 17.1 Å². The maximum Gasteiger partial charge on any atom is 0.259 e. The number of anilines is 2. The van der Waals surface area contributed by atoms with E-state index in [1.54, 1.807) is 42.5 Å². The molecule has 1 aliphatic heterocycles. The molecule has 0 saturated carbocycles. The highest BCUT2D eigenvalue weighted by molar-refractivity contribution is 6.16. The molecule has 0 radical (unpaired) electrons. The van der Waals surface area contributed by atoms with Crippen molar-refractivity contribution in [2.75, 3.05) is 10.2 Å². The highest BCUT2D eigenvalue weighted by atomic mass is 19.1. The summed E-state index contributed by atoms with van der Waals surface area (Å²) < 4.78 is 20.5. The molecule has 2 heterocycles. The minimum absolute atomic E-state index is 0.0667. The summed E-state index contributed by atoms with van der Waals surface area (Å²) in [6.07, 6.45) is -0.0667. The van der Waals surface area contributed by atoms with Crippen LogP contribution in [-0.2, 0) is 15.1 Å². The molecular formula is C28H23FN2O3. The van der Waals surface area contributed by atoms with Crippen molar-refractivity contribution in [2.24, 2.45) is 0 Å². The highest BCUT2D eigenvalue weighted by Crippen LogP contribution is 2.47. The summed E-state index contributed by atoms with van der Waals surface area (Å²) >= 11 is 0. The van der Waals surface area contributed by atoms with E-state index in [0.717, 1.165) is 11.1 Å². The summed E-state index contributed by atoms with van der Waals surface area (Å²) in [6.45, 7) is 3.91. The van der Waals surface area contributed by atoms with Gasteiger partial charge in [-0.2, -0.15) is 0 Å². The van der Waals surface area contributed by atoms with Gasteiger partial charge in [0.1, 0.15) is 17.3 Å². The van der Waals surface area contributed by atoms with Crippen molar-refractivity contribution in [1.82, 2.24) is 0 Å². The Morgan fingerprint density at radius 1 is 0.912 bits per heavy atom. The van der Waals surface area contributed by atoms with Crippen molar-refractivity contribution in [2.45, 2.75) is 25.8 Å². The van der Waals surface area contributed by atoms with E-state index in [-0.39, 0.29) is 23.7 Å². The molecule has 1 aromatic heterocycles. The van der Waals surface area contributed by atoms with Crippen molar-refractivity contribution < 1.29 is 18.4 Å². The molecule has 1 unspecified atom stereocenters. The largest absolute Gasteiger partial charge is 0.458 e. The Bertz CT molecular complexity index is 1380. The number of carbonyl (C=O) groups is 2. The Hall–Kier alpha value is -4.19. The molecule has 34 heavy (non-hydrogen) atoms. The van der Waals surface area contributed by atoms with Crippen LogP contribution in [0.1, 0.15) is 23.3 Å². The van der Waals surface area contributed by atoms with Gasteiger partial charge in [0.05, 0.1) is 12.0 Å². The minimum Gasteiger partial charge on any atom is -0.458 e. The van der Waals surface area contributed by atoms with Crippen LogP contribution in [0.3, 0.4) is 0 Å². The second-order valence-corrected chi connectivity index (χ2v) is 8.57. The van der Waals surface area contributed by atoms with E-state index < -0.39 is 17.3 Å². The Kier molecular flexibility index (Phi) is 5.28. The van der Waals surface area contributed by atoms with Crippen LogP contribution in [-0.4, -0.2) is 11.8 Å². The van der Waals surface area contributed by atoms with Gasteiger partial charge in [0, 0.05) is 11.4 Å². The van der Waals surface area contributed by atoms with E-state index in [4.69, 9.17) is 4.42 Å². The highest BCUT2D eigenvalue weighted by Gasteiger charge is 2.60. The molecule has 1 aliphatic rings. The van der Waals surface area contributed by atoms with Crippen molar-refractivity contribution >= 4 is 23.2 Å². The van der Waals surface area contributed by atoms with E-state index in [2.05, 4.69) is 5.32 Å². The van der Waals surface area contributed by atoms with E-state index in [1.165, 1.54) is 11.0 Å². The summed E-state index contributed by atoms with van der Waals surface area (Å²) in [5.41, 5.74) is 2.18. The quantitative estimate of drug-likeness (QED) is 0.378. The lowest BCUT2D eigenvalue weighted by molar-refractivity contribution is -0.138. The minimum atomic E-state index is -1.40. The Balaban J connectivity index is 1.60. The number of halogens is 1. The van der Waals surface area contributed by atoms with Crippen molar-refractivity contribution in [1.29, 1.82) is 0 Å². The topological polar surface area (TPSA) is 62.6 Å². The smallest absolute Gasteiger partial charge is 0.259 e. The second-order valence-electron chi connectivity index (χ2n) is 8.57. The van der Waals surface area contributed by atoms with Gasteiger partial charge in [0.2, 0.25) is 5.91 Å². The van der Waals surface area contributed by atoms with Crippen LogP contribution < -0.4 is 10.2 Å². The first-order chi connectivity index (χ1) is 16.4. The molecule has 0 bridgehead atoms. The van der Waals surface area contributed by atoms with E-state index in [9.17, 15) is 14.0 Å². The fourth-order valence-corrected chi connectivity index (χ4v) is 4.29. The number of furan rings is 1.